The molecular weight excluding hydrogens is 160 g/mol. The summed E-state index contributed by atoms with van der Waals surface area (Å²) in [5.74, 6) is -1.64. The van der Waals surface area contributed by atoms with E-state index in [1.165, 1.54) is 0 Å². The highest BCUT2D eigenvalue weighted by molar-refractivity contribution is 6.45. The van der Waals surface area contributed by atoms with Gasteiger partial charge in [0.05, 0.1) is 0 Å². The molecule has 0 radical (unpaired) electrons. The SMILES string of the molecule is CC(C)(C)N1C(=O)NC(=O)C1=O. The van der Waals surface area contributed by atoms with Gasteiger partial charge in [-0.15, -0.1) is 0 Å². The Balaban J connectivity index is 3.00. The maximum atomic E-state index is 11.1. The first-order valence-corrected chi connectivity index (χ1v) is 3.53. The van der Waals surface area contributed by atoms with Crippen molar-refractivity contribution in [1.29, 1.82) is 0 Å². The molecule has 0 spiro atoms. The van der Waals surface area contributed by atoms with Crippen LogP contribution in [-0.2, 0) is 9.59 Å². The van der Waals surface area contributed by atoms with Crippen molar-refractivity contribution in [3.8, 4) is 0 Å². The van der Waals surface area contributed by atoms with E-state index >= 15 is 0 Å². The summed E-state index contributed by atoms with van der Waals surface area (Å²) in [5, 5.41) is 1.92. The van der Waals surface area contributed by atoms with Gasteiger partial charge in [-0.25, -0.2) is 4.79 Å². The van der Waals surface area contributed by atoms with E-state index in [0.29, 0.717) is 0 Å². The third kappa shape index (κ3) is 1.17. The largest absolute Gasteiger partial charge is 0.332 e. The van der Waals surface area contributed by atoms with Crippen LogP contribution in [0, 0.1) is 0 Å². The lowest BCUT2D eigenvalue weighted by molar-refractivity contribution is -0.142. The summed E-state index contributed by atoms with van der Waals surface area (Å²) in [4.78, 5) is 33.7. The molecule has 12 heavy (non-hydrogen) atoms. The van der Waals surface area contributed by atoms with Crippen LogP contribution in [0.25, 0.3) is 0 Å². The second kappa shape index (κ2) is 2.30. The van der Waals surface area contributed by atoms with Gasteiger partial charge in [-0.05, 0) is 20.8 Å². The van der Waals surface area contributed by atoms with Gasteiger partial charge in [0.2, 0.25) is 0 Å². The lowest BCUT2D eigenvalue weighted by Crippen LogP contribution is -2.45. The zero-order valence-corrected chi connectivity index (χ0v) is 7.17. The molecule has 5 nitrogen and oxygen atoms in total. The Kier molecular flexibility index (Phi) is 1.67. The molecule has 4 amide bonds. The van der Waals surface area contributed by atoms with Crippen molar-refractivity contribution in [3.05, 3.63) is 0 Å². The highest BCUT2D eigenvalue weighted by Crippen LogP contribution is 2.16. The Morgan fingerprint density at radius 2 is 1.67 bits per heavy atom. The molecule has 1 heterocycles. The molecule has 0 atom stereocenters. The fourth-order valence-electron chi connectivity index (χ4n) is 1.01. The van der Waals surface area contributed by atoms with Crippen molar-refractivity contribution in [3.63, 3.8) is 0 Å². The Hall–Kier alpha value is -1.39. The van der Waals surface area contributed by atoms with E-state index in [4.69, 9.17) is 0 Å². The fraction of sp³-hybridized carbons (Fsp3) is 0.571. The molecule has 0 aromatic carbocycles. The van der Waals surface area contributed by atoms with Crippen molar-refractivity contribution < 1.29 is 14.4 Å². The summed E-state index contributed by atoms with van der Waals surface area (Å²) < 4.78 is 0. The van der Waals surface area contributed by atoms with Crippen LogP contribution in [-0.4, -0.2) is 28.3 Å². The number of imide groups is 2. The van der Waals surface area contributed by atoms with Crippen molar-refractivity contribution in [2.75, 3.05) is 0 Å². The van der Waals surface area contributed by atoms with Crippen molar-refractivity contribution >= 4 is 17.8 Å². The Bertz CT molecular complexity index is 264. The first kappa shape index (κ1) is 8.70. The summed E-state index contributed by atoms with van der Waals surface area (Å²) in [7, 11) is 0. The van der Waals surface area contributed by atoms with E-state index in [1.807, 2.05) is 5.32 Å². The predicted molar refractivity (Wildman–Crippen MR) is 40.1 cm³/mol. The number of hydrogen-bond acceptors (Lipinski definition) is 3. The van der Waals surface area contributed by atoms with E-state index in [9.17, 15) is 14.4 Å². The molecule has 0 saturated carbocycles. The monoisotopic (exact) mass is 170 g/mol. The van der Waals surface area contributed by atoms with Crippen molar-refractivity contribution in [2.45, 2.75) is 26.3 Å². The first-order chi connectivity index (χ1) is 5.34. The molecule has 0 unspecified atom stereocenters. The van der Waals surface area contributed by atoms with Crippen LogP contribution in [0.2, 0.25) is 0 Å². The second-order valence-corrected chi connectivity index (χ2v) is 3.57. The molecule has 1 rings (SSSR count). The minimum Gasteiger partial charge on any atom is -0.269 e. The molecule has 0 aromatic heterocycles. The zero-order valence-electron chi connectivity index (χ0n) is 7.17. The van der Waals surface area contributed by atoms with Gasteiger partial charge in [0.25, 0.3) is 0 Å². The molecule has 0 aromatic rings. The second-order valence-electron chi connectivity index (χ2n) is 3.57. The van der Waals surface area contributed by atoms with E-state index in [-0.39, 0.29) is 0 Å². The van der Waals surface area contributed by atoms with Crippen molar-refractivity contribution in [2.24, 2.45) is 0 Å². The van der Waals surface area contributed by atoms with Gasteiger partial charge < -0.3 is 0 Å². The molecule has 1 saturated heterocycles. The molecule has 1 N–H and O–H groups in total. The van der Waals surface area contributed by atoms with Gasteiger partial charge in [0.1, 0.15) is 0 Å². The van der Waals surface area contributed by atoms with E-state index < -0.39 is 23.4 Å². The Morgan fingerprint density at radius 3 is 1.83 bits per heavy atom. The Morgan fingerprint density at radius 1 is 1.17 bits per heavy atom. The first-order valence-electron chi connectivity index (χ1n) is 3.53. The standard InChI is InChI=1S/C7H10N2O3/c1-7(2,3)9-5(11)4(10)8-6(9)12/h1-3H3,(H,8,10,12). The van der Waals surface area contributed by atoms with Gasteiger partial charge in [-0.3, -0.25) is 19.8 Å². The molecule has 0 aliphatic carbocycles. The van der Waals surface area contributed by atoms with Crippen LogP contribution in [0.3, 0.4) is 0 Å². The molecule has 1 aliphatic rings. The van der Waals surface area contributed by atoms with Gasteiger partial charge in [-0.2, -0.15) is 0 Å². The van der Waals surface area contributed by atoms with E-state index in [1.54, 1.807) is 20.8 Å². The normalized spacial score (nSPS) is 18.6. The third-order valence-corrected chi connectivity index (χ3v) is 1.49. The number of carbonyl (C=O) groups excluding carboxylic acids is 3. The van der Waals surface area contributed by atoms with Crippen LogP contribution in [0.1, 0.15) is 20.8 Å². The maximum Gasteiger partial charge on any atom is 0.332 e. The summed E-state index contributed by atoms with van der Waals surface area (Å²) in [6.07, 6.45) is 0. The molecule has 1 fully saturated rings. The van der Waals surface area contributed by atoms with Crippen LogP contribution < -0.4 is 5.32 Å². The van der Waals surface area contributed by atoms with Gasteiger partial charge >= 0.3 is 17.8 Å². The topological polar surface area (TPSA) is 66.5 Å². The molecular formula is C7H10N2O3. The smallest absolute Gasteiger partial charge is 0.269 e. The van der Waals surface area contributed by atoms with Gasteiger partial charge in [-0.1, -0.05) is 0 Å². The van der Waals surface area contributed by atoms with Crippen molar-refractivity contribution in [1.82, 2.24) is 10.2 Å². The lowest BCUT2D eigenvalue weighted by atomic mass is 10.1. The number of urea groups is 1. The maximum absolute atomic E-state index is 11.1. The average molecular weight is 170 g/mol. The fourth-order valence-corrected chi connectivity index (χ4v) is 1.01. The van der Waals surface area contributed by atoms with Gasteiger partial charge in [0, 0.05) is 5.54 Å². The number of hydrogen-bond donors (Lipinski definition) is 1. The zero-order chi connectivity index (χ0) is 9.52. The van der Waals surface area contributed by atoms with Crippen LogP contribution in [0.5, 0.6) is 0 Å². The van der Waals surface area contributed by atoms with Crippen LogP contribution >= 0.6 is 0 Å². The average Bonchev–Trinajstić information content (AvgIpc) is 2.05. The number of nitrogens with zero attached hydrogens (tertiary/aromatic N) is 1. The highest BCUT2D eigenvalue weighted by Gasteiger charge is 2.43. The molecule has 66 valence electrons. The summed E-state index contributed by atoms with van der Waals surface area (Å²) in [5.41, 5.74) is -0.646. The van der Waals surface area contributed by atoms with E-state index in [2.05, 4.69) is 0 Å². The summed E-state index contributed by atoms with van der Waals surface area (Å²) >= 11 is 0. The highest BCUT2D eigenvalue weighted by atomic mass is 16.2. The molecule has 1 aliphatic heterocycles. The molecule has 0 bridgehead atoms. The molecule has 5 heteroatoms. The number of carbonyl (C=O) groups is 3. The van der Waals surface area contributed by atoms with E-state index in [0.717, 1.165) is 4.90 Å². The lowest BCUT2D eigenvalue weighted by Gasteiger charge is -2.27. The summed E-state index contributed by atoms with van der Waals surface area (Å²) in [6, 6.07) is -0.641. The predicted octanol–water partition coefficient (Wildman–Crippen LogP) is -0.137. The minimum atomic E-state index is -0.852. The third-order valence-electron chi connectivity index (χ3n) is 1.49. The number of amides is 4. The van der Waals surface area contributed by atoms with Crippen LogP contribution in [0.15, 0.2) is 0 Å². The number of rotatable bonds is 0. The Labute approximate surface area is 69.7 Å². The number of nitrogens with one attached hydrogen (secondary N) is 1. The minimum absolute atomic E-state index is 0.641. The van der Waals surface area contributed by atoms with Crippen LogP contribution in [0.4, 0.5) is 4.79 Å². The van der Waals surface area contributed by atoms with Gasteiger partial charge in [0.15, 0.2) is 0 Å². The summed E-state index contributed by atoms with van der Waals surface area (Å²) in [6.45, 7) is 5.05. The quantitative estimate of drug-likeness (QED) is 0.406.